The van der Waals surface area contributed by atoms with Crippen LogP contribution >= 0.6 is 27.3 Å². The average molecular weight is 297 g/mol. The van der Waals surface area contributed by atoms with E-state index in [0.717, 1.165) is 29.7 Å². The van der Waals surface area contributed by atoms with E-state index in [2.05, 4.69) is 43.1 Å². The fourth-order valence-corrected chi connectivity index (χ4v) is 2.33. The molecular weight excluding hydrogens is 284 g/mol. The standard InChI is InChI=1S/C12H13BrN2S/c13-11-1-2-12(15-7-11)8-14-5-3-10-4-6-16-9-10/h1-2,4,6-7,9,14H,3,5,8H2. The van der Waals surface area contributed by atoms with Gasteiger partial charge >= 0.3 is 0 Å². The predicted octanol–water partition coefficient (Wildman–Crippen LogP) is 3.24. The molecule has 0 saturated heterocycles. The maximum atomic E-state index is 4.31. The van der Waals surface area contributed by atoms with E-state index < -0.39 is 0 Å². The zero-order valence-electron chi connectivity index (χ0n) is 8.82. The molecule has 0 amide bonds. The maximum absolute atomic E-state index is 4.31. The van der Waals surface area contributed by atoms with Crippen molar-refractivity contribution >= 4 is 27.3 Å². The Bertz CT molecular complexity index is 411. The lowest BCUT2D eigenvalue weighted by molar-refractivity contribution is 0.675. The van der Waals surface area contributed by atoms with Crippen molar-refractivity contribution in [1.82, 2.24) is 10.3 Å². The highest BCUT2D eigenvalue weighted by Crippen LogP contribution is 2.07. The Labute approximate surface area is 108 Å². The summed E-state index contributed by atoms with van der Waals surface area (Å²) in [4.78, 5) is 4.31. The first kappa shape index (κ1) is 11.8. The maximum Gasteiger partial charge on any atom is 0.0542 e. The van der Waals surface area contributed by atoms with Crippen LogP contribution in [0.3, 0.4) is 0 Å². The molecule has 2 nitrogen and oxygen atoms in total. The molecule has 0 atom stereocenters. The van der Waals surface area contributed by atoms with Crippen molar-refractivity contribution in [3.8, 4) is 0 Å². The highest BCUT2D eigenvalue weighted by atomic mass is 79.9. The van der Waals surface area contributed by atoms with Crippen LogP contribution in [0.25, 0.3) is 0 Å². The number of hydrogen-bond acceptors (Lipinski definition) is 3. The monoisotopic (exact) mass is 296 g/mol. The normalized spacial score (nSPS) is 10.6. The van der Waals surface area contributed by atoms with Crippen molar-refractivity contribution in [3.63, 3.8) is 0 Å². The van der Waals surface area contributed by atoms with Crippen LogP contribution in [0.15, 0.2) is 39.6 Å². The molecular formula is C12H13BrN2S. The molecule has 0 aromatic carbocycles. The third-order valence-corrected chi connectivity index (χ3v) is 3.47. The number of nitrogens with one attached hydrogen (secondary N) is 1. The molecule has 0 fully saturated rings. The molecule has 0 radical (unpaired) electrons. The van der Waals surface area contributed by atoms with Crippen LogP contribution < -0.4 is 5.32 Å². The van der Waals surface area contributed by atoms with E-state index >= 15 is 0 Å². The largest absolute Gasteiger partial charge is 0.311 e. The molecule has 0 aliphatic heterocycles. The fraction of sp³-hybridized carbons (Fsp3) is 0.250. The first-order chi connectivity index (χ1) is 7.84. The van der Waals surface area contributed by atoms with E-state index in [-0.39, 0.29) is 0 Å². The van der Waals surface area contributed by atoms with E-state index in [1.165, 1.54) is 5.56 Å². The Morgan fingerprint density at radius 3 is 2.94 bits per heavy atom. The lowest BCUT2D eigenvalue weighted by Gasteiger charge is -2.03. The first-order valence-corrected chi connectivity index (χ1v) is 6.90. The Balaban J connectivity index is 1.70. The van der Waals surface area contributed by atoms with Gasteiger partial charge in [-0.2, -0.15) is 11.3 Å². The highest BCUT2D eigenvalue weighted by molar-refractivity contribution is 9.10. The quantitative estimate of drug-likeness (QED) is 0.857. The summed E-state index contributed by atoms with van der Waals surface area (Å²) in [6, 6.07) is 6.22. The molecule has 1 N–H and O–H groups in total. The van der Waals surface area contributed by atoms with Crippen molar-refractivity contribution in [2.75, 3.05) is 6.54 Å². The molecule has 0 aliphatic carbocycles. The van der Waals surface area contributed by atoms with Gasteiger partial charge in [0.15, 0.2) is 0 Å². The lowest BCUT2D eigenvalue weighted by Crippen LogP contribution is -2.17. The third kappa shape index (κ3) is 3.70. The van der Waals surface area contributed by atoms with Crippen LogP contribution in [0, 0.1) is 0 Å². The second kappa shape index (κ2) is 6.13. The molecule has 84 valence electrons. The third-order valence-electron chi connectivity index (χ3n) is 2.27. The summed E-state index contributed by atoms with van der Waals surface area (Å²) in [6.07, 6.45) is 2.91. The minimum atomic E-state index is 0.831. The summed E-state index contributed by atoms with van der Waals surface area (Å²) >= 11 is 5.12. The zero-order valence-corrected chi connectivity index (χ0v) is 11.2. The van der Waals surface area contributed by atoms with E-state index in [1.54, 1.807) is 11.3 Å². The molecule has 0 spiro atoms. The molecule has 0 saturated carbocycles. The van der Waals surface area contributed by atoms with Gasteiger partial charge in [-0.3, -0.25) is 4.98 Å². The molecule has 2 aromatic rings. The molecule has 2 rings (SSSR count). The Morgan fingerprint density at radius 1 is 1.31 bits per heavy atom. The summed E-state index contributed by atoms with van der Waals surface area (Å²) in [6.45, 7) is 1.83. The highest BCUT2D eigenvalue weighted by Gasteiger charge is 1.95. The first-order valence-electron chi connectivity index (χ1n) is 5.17. The number of pyridine rings is 1. The molecule has 2 heterocycles. The topological polar surface area (TPSA) is 24.9 Å². The number of halogens is 1. The van der Waals surface area contributed by atoms with Gasteiger partial charge in [0.2, 0.25) is 0 Å². The molecule has 4 heteroatoms. The van der Waals surface area contributed by atoms with Gasteiger partial charge in [0.25, 0.3) is 0 Å². The average Bonchev–Trinajstić information content (AvgIpc) is 2.80. The van der Waals surface area contributed by atoms with E-state index in [0.29, 0.717) is 0 Å². The summed E-state index contributed by atoms with van der Waals surface area (Å²) in [7, 11) is 0. The molecule has 0 bridgehead atoms. The van der Waals surface area contributed by atoms with Crippen LogP contribution in [-0.4, -0.2) is 11.5 Å². The van der Waals surface area contributed by atoms with Gasteiger partial charge in [-0.1, -0.05) is 0 Å². The smallest absolute Gasteiger partial charge is 0.0542 e. The van der Waals surface area contributed by atoms with Crippen molar-refractivity contribution < 1.29 is 0 Å². The van der Waals surface area contributed by atoms with Gasteiger partial charge in [0, 0.05) is 17.2 Å². The zero-order chi connectivity index (χ0) is 11.2. The van der Waals surface area contributed by atoms with Gasteiger partial charge < -0.3 is 5.32 Å². The van der Waals surface area contributed by atoms with Crippen LogP contribution in [0.5, 0.6) is 0 Å². The van der Waals surface area contributed by atoms with Crippen molar-refractivity contribution in [1.29, 1.82) is 0 Å². The fourth-order valence-electron chi connectivity index (χ4n) is 1.40. The second-order valence-corrected chi connectivity index (χ2v) is 5.22. The van der Waals surface area contributed by atoms with Gasteiger partial charge in [-0.15, -0.1) is 0 Å². The number of hydrogen-bond donors (Lipinski definition) is 1. The van der Waals surface area contributed by atoms with Crippen molar-refractivity contribution in [2.45, 2.75) is 13.0 Å². The van der Waals surface area contributed by atoms with E-state index in [9.17, 15) is 0 Å². The minimum Gasteiger partial charge on any atom is -0.311 e. The van der Waals surface area contributed by atoms with Gasteiger partial charge in [-0.25, -0.2) is 0 Å². The Morgan fingerprint density at radius 2 is 2.25 bits per heavy atom. The molecule has 0 unspecified atom stereocenters. The Kier molecular flexibility index (Phi) is 4.51. The SMILES string of the molecule is Brc1ccc(CNCCc2ccsc2)nc1. The second-order valence-electron chi connectivity index (χ2n) is 3.53. The summed E-state index contributed by atoms with van der Waals surface area (Å²) in [5.74, 6) is 0. The summed E-state index contributed by atoms with van der Waals surface area (Å²) in [5, 5.41) is 7.70. The van der Waals surface area contributed by atoms with Crippen LogP contribution in [0.2, 0.25) is 0 Å². The van der Waals surface area contributed by atoms with Gasteiger partial charge in [-0.05, 0) is 63.4 Å². The summed E-state index contributed by atoms with van der Waals surface area (Å²) in [5.41, 5.74) is 2.48. The minimum absolute atomic E-state index is 0.831. The van der Waals surface area contributed by atoms with Crippen LogP contribution in [-0.2, 0) is 13.0 Å². The lowest BCUT2D eigenvalue weighted by atomic mass is 10.2. The number of nitrogens with zero attached hydrogens (tertiary/aromatic N) is 1. The van der Waals surface area contributed by atoms with Crippen LogP contribution in [0.1, 0.15) is 11.3 Å². The predicted molar refractivity (Wildman–Crippen MR) is 71.7 cm³/mol. The number of aromatic nitrogens is 1. The van der Waals surface area contributed by atoms with Gasteiger partial charge in [0.1, 0.15) is 0 Å². The van der Waals surface area contributed by atoms with Gasteiger partial charge in [0.05, 0.1) is 5.69 Å². The molecule has 16 heavy (non-hydrogen) atoms. The van der Waals surface area contributed by atoms with Crippen molar-refractivity contribution in [2.24, 2.45) is 0 Å². The van der Waals surface area contributed by atoms with Crippen LogP contribution in [0.4, 0.5) is 0 Å². The van der Waals surface area contributed by atoms with E-state index in [4.69, 9.17) is 0 Å². The molecule has 2 aromatic heterocycles. The molecule has 0 aliphatic rings. The van der Waals surface area contributed by atoms with E-state index in [1.807, 2.05) is 18.3 Å². The van der Waals surface area contributed by atoms with Crippen molar-refractivity contribution in [3.05, 3.63) is 50.9 Å². The summed E-state index contributed by atoms with van der Waals surface area (Å²) < 4.78 is 1.02. The number of thiophene rings is 1. The number of rotatable bonds is 5. The Hall–Kier alpha value is -0.710.